The van der Waals surface area contributed by atoms with Crippen molar-refractivity contribution in [2.45, 2.75) is 208 Å². The molecule has 620 valence electrons. The maximum atomic E-state index is 15.0. The van der Waals surface area contributed by atoms with Crippen molar-refractivity contribution in [1.82, 2.24) is 35.0 Å². The van der Waals surface area contributed by atoms with Crippen molar-refractivity contribution < 1.29 is 99.3 Å². The number of imide groups is 1. The largest absolute Gasteiger partial charge is 0.493 e. The van der Waals surface area contributed by atoms with Crippen molar-refractivity contribution in [2.75, 3.05) is 116 Å². The molecule has 4 aromatic rings. The number of rotatable bonds is 37. The summed E-state index contributed by atoms with van der Waals surface area (Å²) >= 11 is 0. The number of methoxy groups -OCH3 is 2. The van der Waals surface area contributed by atoms with Gasteiger partial charge in [-0.05, 0) is 146 Å². The van der Waals surface area contributed by atoms with Crippen LogP contribution in [-0.4, -0.2) is 230 Å². The first kappa shape index (κ1) is 88.4. The van der Waals surface area contributed by atoms with Gasteiger partial charge in [0, 0.05) is 61.8 Å². The maximum Gasteiger partial charge on any atom is 0.417 e. The molecule has 0 saturated carbocycles. The Morgan fingerprint density at radius 2 is 0.912 bits per heavy atom. The second-order valence-corrected chi connectivity index (χ2v) is 43.1. The molecule has 0 spiro atoms. The Balaban J connectivity index is 0.892. The Morgan fingerprint density at radius 1 is 0.513 bits per heavy atom. The lowest BCUT2D eigenvalue weighted by atomic mass is 10.0. The minimum Gasteiger partial charge on any atom is -0.493 e. The van der Waals surface area contributed by atoms with Gasteiger partial charge in [-0.3, -0.25) is 28.9 Å². The van der Waals surface area contributed by atoms with E-state index in [9.17, 15) is 14.4 Å². The molecule has 6 heterocycles. The van der Waals surface area contributed by atoms with E-state index in [4.69, 9.17) is 65.7 Å². The summed E-state index contributed by atoms with van der Waals surface area (Å²) in [5.74, 6) is -0.923. The van der Waals surface area contributed by atoms with Crippen LogP contribution in [-0.2, 0) is 80.9 Å². The molecule has 30 nitrogen and oxygen atoms in total. The van der Waals surface area contributed by atoms with Gasteiger partial charge in [0.1, 0.15) is 30.1 Å². The molecule has 0 bridgehead atoms. The number of carbonyl (C=O) groups is 7. The highest BCUT2D eigenvalue weighted by Crippen LogP contribution is 2.49. The summed E-state index contributed by atoms with van der Waals surface area (Å²) in [4.78, 5) is 103. The lowest BCUT2D eigenvalue weighted by Crippen LogP contribution is -2.58. The zero-order chi connectivity index (χ0) is 82.5. The van der Waals surface area contributed by atoms with Crippen LogP contribution >= 0.6 is 0 Å². The molecular weight excluding hydrogens is 1490 g/mol. The van der Waals surface area contributed by atoms with E-state index in [1.54, 1.807) is 80.3 Å². The van der Waals surface area contributed by atoms with E-state index >= 15 is 19.2 Å². The maximum absolute atomic E-state index is 15.0. The first-order valence-electron chi connectivity index (χ1n) is 38.6. The number of nitrogens with one attached hydrogen (secondary N) is 1. The zero-order valence-electron chi connectivity index (χ0n) is 69.5. The van der Waals surface area contributed by atoms with Crippen LogP contribution in [0.1, 0.15) is 148 Å². The van der Waals surface area contributed by atoms with Gasteiger partial charge in [-0.15, -0.1) is 5.10 Å². The van der Waals surface area contributed by atoms with E-state index in [-0.39, 0.29) is 113 Å². The molecule has 32 heteroatoms. The van der Waals surface area contributed by atoms with Crippen molar-refractivity contribution in [1.29, 1.82) is 0 Å². The van der Waals surface area contributed by atoms with Crippen LogP contribution in [0, 0.1) is 0 Å². The number of fused-ring (bicyclic) bond motifs is 4. The Morgan fingerprint density at radius 3 is 1.30 bits per heavy atom. The molecular formula is C81H117N9O21Si2. The highest BCUT2D eigenvalue weighted by molar-refractivity contribution is 6.74. The minimum atomic E-state index is -2.70. The Kier molecular flexibility index (Phi) is 29.6. The SMILES string of the molecule is COc1cc2c(cc1OCc1cc(COc3cc4c(cc3OC)C(=O)N3C=C(C)C[C@H]3[C@H](O[Si](C)(C)C(C)(C)C)N4C(=O)OC(C)(C)C)cc(-c3cn(CCOCCOCCOCCOCCOCCOCCNC(=O)CCN4C(=O)C=CC4=O)nn3)c1)N(C(=O)OC(C)(C)C)[C@@H](O[Si](C)(C)C(C)(C)C)[C@@H]1CC(C)=CN1C2=O. The van der Waals surface area contributed by atoms with Gasteiger partial charge in [-0.1, -0.05) is 57.9 Å². The van der Waals surface area contributed by atoms with E-state index in [1.807, 2.05) is 50.6 Å². The second kappa shape index (κ2) is 37.8. The van der Waals surface area contributed by atoms with E-state index in [0.29, 0.717) is 114 Å². The molecule has 4 atom stereocenters. The second-order valence-electron chi connectivity index (χ2n) is 33.6. The molecule has 0 unspecified atom stereocenters. The smallest absolute Gasteiger partial charge is 0.417 e. The van der Waals surface area contributed by atoms with Crippen LogP contribution in [0.2, 0.25) is 36.3 Å². The molecule has 0 fully saturated rings. The van der Waals surface area contributed by atoms with Crippen LogP contribution in [0.4, 0.5) is 21.0 Å². The highest BCUT2D eigenvalue weighted by atomic mass is 28.4. The summed E-state index contributed by atoms with van der Waals surface area (Å²) in [7, 11) is -2.42. The van der Waals surface area contributed by atoms with Gasteiger partial charge < -0.3 is 80.8 Å². The molecule has 7 amide bonds. The van der Waals surface area contributed by atoms with E-state index < -0.39 is 76.4 Å². The molecule has 1 aromatic heterocycles. The van der Waals surface area contributed by atoms with Crippen molar-refractivity contribution in [3.8, 4) is 34.3 Å². The summed E-state index contributed by atoms with van der Waals surface area (Å²) in [6, 6.07) is 11.1. The molecule has 113 heavy (non-hydrogen) atoms. The molecule has 0 radical (unpaired) electrons. The lowest BCUT2D eigenvalue weighted by molar-refractivity contribution is -0.137. The monoisotopic (exact) mass is 1610 g/mol. The molecule has 3 aromatic carbocycles. The predicted octanol–water partition coefficient (Wildman–Crippen LogP) is 12.1. The number of hydrogen-bond donors (Lipinski definition) is 1. The minimum absolute atomic E-state index is 0.0172. The molecule has 0 saturated heterocycles. The van der Waals surface area contributed by atoms with E-state index in [2.05, 4.69) is 83.4 Å². The molecule has 5 aliphatic rings. The lowest BCUT2D eigenvalue weighted by Gasteiger charge is -2.44. The number of ether oxygens (including phenoxy) is 12. The fraction of sp³-hybridized carbons (Fsp3) is 0.593. The van der Waals surface area contributed by atoms with Crippen LogP contribution in [0.3, 0.4) is 0 Å². The van der Waals surface area contributed by atoms with Crippen molar-refractivity contribution in [3.63, 3.8) is 0 Å². The van der Waals surface area contributed by atoms with Gasteiger partial charge in [0.25, 0.3) is 23.6 Å². The number of nitrogens with zero attached hydrogens (tertiary/aromatic N) is 8. The van der Waals surface area contributed by atoms with Gasteiger partial charge in [0.2, 0.25) is 5.91 Å². The van der Waals surface area contributed by atoms with E-state index in [0.717, 1.165) is 16.0 Å². The highest BCUT2D eigenvalue weighted by Gasteiger charge is 2.53. The summed E-state index contributed by atoms with van der Waals surface area (Å²) in [6.45, 7) is 40.5. The number of amides is 7. The van der Waals surface area contributed by atoms with Crippen LogP contribution in [0.15, 0.2) is 84.4 Å². The average molecular weight is 1610 g/mol. The molecule has 1 N–H and O–H groups in total. The number of benzene rings is 3. The van der Waals surface area contributed by atoms with Crippen molar-refractivity contribution in [2.24, 2.45) is 0 Å². The van der Waals surface area contributed by atoms with Crippen LogP contribution in [0.5, 0.6) is 23.0 Å². The van der Waals surface area contributed by atoms with Gasteiger partial charge in [-0.2, -0.15) is 0 Å². The summed E-state index contributed by atoms with van der Waals surface area (Å²) in [5, 5.41) is 11.2. The van der Waals surface area contributed by atoms with Gasteiger partial charge >= 0.3 is 12.2 Å². The normalized spacial score (nSPS) is 18.0. The Labute approximate surface area is 666 Å². The third kappa shape index (κ3) is 23.1. The summed E-state index contributed by atoms with van der Waals surface area (Å²) in [6.07, 6.45) is 5.43. The topological polar surface area (TPSA) is 308 Å². The quantitative estimate of drug-likeness (QED) is 0.0249. The number of hydrogen-bond acceptors (Lipinski definition) is 23. The van der Waals surface area contributed by atoms with Gasteiger partial charge in [-0.25, -0.2) is 24.1 Å². The Bertz CT molecular complexity index is 3950. The third-order valence-electron chi connectivity index (χ3n) is 20.3. The van der Waals surface area contributed by atoms with Crippen molar-refractivity contribution >= 4 is 69.7 Å². The van der Waals surface area contributed by atoms with Gasteiger partial charge in [0.15, 0.2) is 52.1 Å². The number of anilines is 2. The average Bonchev–Trinajstić information content (AvgIpc) is 1.61. The van der Waals surface area contributed by atoms with Crippen LogP contribution < -0.4 is 34.1 Å². The third-order valence-corrected chi connectivity index (χ3v) is 29.2. The Hall–Kier alpha value is -8.58. The molecule has 9 rings (SSSR count). The predicted molar refractivity (Wildman–Crippen MR) is 427 cm³/mol. The fourth-order valence-electron chi connectivity index (χ4n) is 12.6. The first-order valence-corrected chi connectivity index (χ1v) is 44.4. The van der Waals surface area contributed by atoms with E-state index in [1.165, 1.54) is 36.2 Å². The number of aromatic nitrogens is 3. The summed E-state index contributed by atoms with van der Waals surface area (Å²) < 4.78 is 88.3. The van der Waals surface area contributed by atoms with Gasteiger partial charge in [0.05, 0.1) is 141 Å². The van der Waals surface area contributed by atoms with Crippen molar-refractivity contribution in [3.05, 3.63) is 107 Å². The molecule has 0 aliphatic carbocycles. The van der Waals surface area contributed by atoms with Crippen LogP contribution in [0.25, 0.3) is 11.3 Å². The molecule has 5 aliphatic heterocycles. The zero-order valence-corrected chi connectivity index (χ0v) is 71.5. The standard InChI is InChI=1S/C81H117N9O21Si2/c1-53-39-63-74(110-112(17,18)80(9,10)11)89(76(96)108-78(3,4)5)61-46-67(65(98-15)44-58(61)72(94)87(63)48-53)106-51-55-41-56(52-107-68-47-62-59(45-66(68)99-16)73(95)88-49-54(2)40-64(88)75(111-113(19,20)81(12,13)14)90(62)77(97)109-79(6,7)8)43-57(42-55)60-50-85(84-83-60)26-28-101-30-32-103-34-36-105-38-37-104-35-33-102-31-29-100-27-24-82-69(91)23-25-86-70(92)21-22-71(86)93/h21-22,41-50,63-64,74-75H,23-40,51-52H2,1-20H3,(H,82,91)/t63-,64-,74-,75-/m0/s1. The summed E-state index contributed by atoms with van der Waals surface area (Å²) in [5.41, 5.74) is 3.31. The first-order chi connectivity index (χ1) is 53.2. The number of carbonyl (C=O) groups excluding carboxylic acids is 7. The fourth-order valence-corrected chi connectivity index (χ4v) is 15.0.